The van der Waals surface area contributed by atoms with Crippen molar-refractivity contribution < 1.29 is 10.2 Å². The lowest BCUT2D eigenvalue weighted by atomic mass is 9.99. The van der Waals surface area contributed by atoms with Gasteiger partial charge in [0.1, 0.15) is 11.5 Å². The summed E-state index contributed by atoms with van der Waals surface area (Å²) >= 11 is 0. The average Bonchev–Trinajstić information content (AvgIpc) is 2.76. The van der Waals surface area contributed by atoms with Gasteiger partial charge in [-0.3, -0.25) is 0 Å². The quantitative estimate of drug-likeness (QED) is 0.269. The molecule has 0 amide bonds. The van der Waals surface area contributed by atoms with Crippen LogP contribution >= 0.6 is 0 Å². The molecule has 30 heavy (non-hydrogen) atoms. The summed E-state index contributed by atoms with van der Waals surface area (Å²) in [6, 6.07) is 35.1. The SMILES string of the molecule is Cc1ccc2ccc3ccc(C)cc3c2c1.Oc1ccccc1.Oc1ccccc1. The van der Waals surface area contributed by atoms with E-state index in [0.29, 0.717) is 11.5 Å². The van der Waals surface area contributed by atoms with E-state index in [1.165, 1.54) is 32.7 Å². The van der Waals surface area contributed by atoms with E-state index in [9.17, 15) is 0 Å². The van der Waals surface area contributed by atoms with Crippen molar-refractivity contribution in [3.8, 4) is 11.5 Å². The number of rotatable bonds is 0. The molecule has 0 aliphatic rings. The molecule has 0 spiro atoms. The van der Waals surface area contributed by atoms with Crippen molar-refractivity contribution in [2.75, 3.05) is 0 Å². The fourth-order valence-electron chi connectivity index (χ4n) is 3.13. The second kappa shape index (κ2) is 10.1. The topological polar surface area (TPSA) is 40.5 Å². The van der Waals surface area contributed by atoms with Crippen LogP contribution in [0.4, 0.5) is 0 Å². The van der Waals surface area contributed by atoms with E-state index in [0.717, 1.165) is 0 Å². The molecule has 0 saturated heterocycles. The second-order valence-electron chi connectivity index (χ2n) is 7.19. The summed E-state index contributed by atoms with van der Waals surface area (Å²) in [6.45, 7) is 4.29. The van der Waals surface area contributed by atoms with Gasteiger partial charge in [0, 0.05) is 0 Å². The third-order valence-corrected chi connectivity index (χ3v) is 4.66. The molecular weight excluding hydrogens is 368 g/mol. The average molecular weight is 395 g/mol. The van der Waals surface area contributed by atoms with Gasteiger partial charge in [-0.25, -0.2) is 0 Å². The molecule has 0 saturated carbocycles. The van der Waals surface area contributed by atoms with Gasteiger partial charge < -0.3 is 10.2 Å². The van der Waals surface area contributed by atoms with E-state index in [1.807, 2.05) is 12.1 Å². The second-order valence-corrected chi connectivity index (χ2v) is 7.19. The van der Waals surface area contributed by atoms with Crippen molar-refractivity contribution in [3.05, 3.63) is 120 Å². The van der Waals surface area contributed by atoms with E-state index in [-0.39, 0.29) is 0 Å². The monoisotopic (exact) mass is 394 g/mol. The van der Waals surface area contributed by atoms with E-state index in [4.69, 9.17) is 10.2 Å². The first kappa shape index (κ1) is 20.9. The maximum absolute atomic E-state index is 8.63. The number of phenols is 2. The zero-order chi connectivity index (χ0) is 21.3. The van der Waals surface area contributed by atoms with Crippen LogP contribution in [0.25, 0.3) is 21.5 Å². The highest BCUT2D eigenvalue weighted by Crippen LogP contribution is 2.26. The molecule has 0 unspecified atom stereocenters. The van der Waals surface area contributed by atoms with Gasteiger partial charge in [-0.05, 0) is 59.7 Å². The number of aryl methyl sites for hydroxylation is 2. The smallest absolute Gasteiger partial charge is 0.115 e. The summed E-state index contributed by atoms with van der Waals surface area (Å²) in [4.78, 5) is 0. The van der Waals surface area contributed by atoms with Crippen molar-refractivity contribution in [1.82, 2.24) is 0 Å². The van der Waals surface area contributed by atoms with Gasteiger partial charge in [-0.15, -0.1) is 0 Å². The molecule has 5 rings (SSSR count). The lowest BCUT2D eigenvalue weighted by molar-refractivity contribution is 0.475. The van der Waals surface area contributed by atoms with E-state index >= 15 is 0 Å². The van der Waals surface area contributed by atoms with Crippen molar-refractivity contribution in [3.63, 3.8) is 0 Å². The lowest BCUT2D eigenvalue weighted by Crippen LogP contribution is -1.80. The Kier molecular flexibility index (Phi) is 7.07. The maximum atomic E-state index is 8.63. The van der Waals surface area contributed by atoms with E-state index in [2.05, 4.69) is 62.4 Å². The third-order valence-electron chi connectivity index (χ3n) is 4.66. The molecule has 5 aromatic carbocycles. The van der Waals surface area contributed by atoms with Crippen molar-refractivity contribution in [2.24, 2.45) is 0 Å². The van der Waals surface area contributed by atoms with Crippen molar-refractivity contribution in [1.29, 1.82) is 0 Å². The molecule has 0 aliphatic heterocycles. The Morgan fingerprint density at radius 2 is 0.767 bits per heavy atom. The fraction of sp³-hybridized carbons (Fsp3) is 0.0714. The molecule has 0 bridgehead atoms. The summed E-state index contributed by atoms with van der Waals surface area (Å²) in [5.41, 5.74) is 2.64. The van der Waals surface area contributed by atoms with Crippen molar-refractivity contribution in [2.45, 2.75) is 13.8 Å². The third kappa shape index (κ3) is 5.86. The highest BCUT2D eigenvalue weighted by atomic mass is 16.3. The number of phenolic OH excluding ortho intramolecular Hbond substituents is 2. The first-order chi connectivity index (χ1) is 14.5. The van der Waals surface area contributed by atoms with Crippen LogP contribution in [0.2, 0.25) is 0 Å². The predicted octanol–water partition coefficient (Wildman–Crippen LogP) is 7.39. The van der Waals surface area contributed by atoms with Gasteiger partial charge in [-0.1, -0.05) is 96.1 Å². The van der Waals surface area contributed by atoms with Crippen LogP contribution in [-0.2, 0) is 0 Å². The molecule has 0 aliphatic carbocycles. The van der Waals surface area contributed by atoms with Crippen LogP contribution in [0.15, 0.2) is 109 Å². The minimum Gasteiger partial charge on any atom is -0.508 e. The van der Waals surface area contributed by atoms with Gasteiger partial charge in [0.05, 0.1) is 0 Å². The lowest BCUT2D eigenvalue weighted by Gasteiger charge is -2.05. The molecule has 2 nitrogen and oxygen atoms in total. The number of hydrogen-bond acceptors (Lipinski definition) is 2. The highest BCUT2D eigenvalue weighted by molar-refractivity contribution is 6.07. The Hall–Kier alpha value is -3.78. The molecule has 0 fully saturated rings. The van der Waals surface area contributed by atoms with Gasteiger partial charge in [0.2, 0.25) is 0 Å². The number of aromatic hydroxyl groups is 2. The summed E-state index contributed by atoms with van der Waals surface area (Å²) in [6.07, 6.45) is 0. The van der Waals surface area contributed by atoms with Gasteiger partial charge >= 0.3 is 0 Å². The Labute approximate surface area is 177 Å². The highest BCUT2D eigenvalue weighted by Gasteiger charge is 2.00. The summed E-state index contributed by atoms with van der Waals surface area (Å²) in [5, 5.41) is 22.6. The largest absolute Gasteiger partial charge is 0.508 e. The van der Waals surface area contributed by atoms with Crippen LogP contribution in [-0.4, -0.2) is 10.2 Å². The molecular formula is C28H26O2. The molecule has 0 atom stereocenters. The summed E-state index contributed by atoms with van der Waals surface area (Å²) in [5.74, 6) is 0.644. The van der Waals surface area contributed by atoms with E-state index < -0.39 is 0 Å². The van der Waals surface area contributed by atoms with E-state index in [1.54, 1.807) is 48.5 Å². The van der Waals surface area contributed by atoms with Crippen LogP contribution in [0.3, 0.4) is 0 Å². The molecule has 0 heterocycles. The number of benzene rings is 5. The summed E-state index contributed by atoms with van der Waals surface area (Å²) < 4.78 is 0. The Bertz CT molecular complexity index is 1110. The van der Waals surface area contributed by atoms with Crippen LogP contribution in [0.5, 0.6) is 11.5 Å². The number of fused-ring (bicyclic) bond motifs is 3. The van der Waals surface area contributed by atoms with Crippen LogP contribution < -0.4 is 0 Å². The Balaban J connectivity index is 0.000000152. The van der Waals surface area contributed by atoms with Crippen LogP contribution in [0, 0.1) is 13.8 Å². The van der Waals surface area contributed by atoms with Crippen molar-refractivity contribution >= 4 is 21.5 Å². The normalized spacial score (nSPS) is 9.93. The van der Waals surface area contributed by atoms with Gasteiger partial charge in [0.15, 0.2) is 0 Å². The Morgan fingerprint density at radius 3 is 1.07 bits per heavy atom. The first-order valence-electron chi connectivity index (χ1n) is 9.91. The minimum atomic E-state index is 0.322. The standard InChI is InChI=1S/C16H14.2C6H6O/c1-11-3-5-13-7-8-14-6-4-12(2)10-16(14)15(13)9-11;2*7-6-4-2-1-3-5-6/h3-10H,1-2H3;2*1-5,7H. The fourth-order valence-corrected chi connectivity index (χ4v) is 3.13. The first-order valence-corrected chi connectivity index (χ1v) is 9.91. The van der Waals surface area contributed by atoms with Crippen LogP contribution in [0.1, 0.15) is 11.1 Å². The molecule has 0 radical (unpaired) electrons. The van der Waals surface area contributed by atoms with Gasteiger partial charge in [0.25, 0.3) is 0 Å². The molecule has 2 heteroatoms. The molecule has 0 aromatic heterocycles. The van der Waals surface area contributed by atoms with Gasteiger partial charge in [-0.2, -0.15) is 0 Å². The number of hydrogen-bond donors (Lipinski definition) is 2. The maximum Gasteiger partial charge on any atom is 0.115 e. The Morgan fingerprint density at radius 1 is 0.433 bits per heavy atom. The zero-order valence-corrected chi connectivity index (χ0v) is 17.3. The molecule has 5 aromatic rings. The minimum absolute atomic E-state index is 0.322. The summed E-state index contributed by atoms with van der Waals surface area (Å²) in [7, 11) is 0. The predicted molar refractivity (Wildman–Crippen MR) is 127 cm³/mol. The molecule has 2 N–H and O–H groups in total. The molecule has 150 valence electrons. The zero-order valence-electron chi connectivity index (χ0n) is 17.3. The number of para-hydroxylation sites is 2.